The van der Waals surface area contributed by atoms with Gasteiger partial charge in [-0.3, -0.25) is 4.18 Å². The highest BCUT2D eigenvalue weighted by molar-refractivity contribution is 7.85. The van der Waals surface area contributed by atoms with Crippen LogP contribution >= 0.6 is 0 Å². The first-order chi connectivity index (χ1) is 12.1. The van der Waals surface area contributed by atoms with Gasteiger partial charge in [0.05, 0.1) is 12.9 Å². The van der Waals surface area contributed by atoms with Crippen molar-refractivity contribution in [2.75, 3.05) is 12.9 Å². The highest BCUT2D eigenvalue weighted by Crippen LogP contribution is 2.34. The molecule has 0 aliphatic rings. The Morgan fingerprint density at radius 2 is 1.69 bits per heavy atom. The maximum Gasteiger partial charge on any atom is 0.264 e. The maximum absolute atomic E-state index is 11.2. The van der Waals surface area contributed by atoms with Gasteiger partial charge in [0.25, 0.3) is 10.1 Å². The molecule has 0 bridgehead atoms. The van der Waals surface area contributed by atoms with Gasteiger partial charge in [-0.25, -0.2) is 0 Å². The smallest absolute Gasteiger partial charge is 0.264 e. The van der Waals surface area contributed by atoms with Crippen LogP contribution in [0.25, 0.3) is 0 Å². The van der Waals surface area contributed by atoms with Crippen LogP contribution in [0.4, 0.5) is 0 Å². The number of hydrogen-bond donors (Lipinski definition) is 0. The fourth-order valence-electron chi connectivity index (χ4n) is 2.62. The molecule has 2 aromatic carbocycles. The second-order valence-corrected chi connectivity index (χ2v) is 9.31. The van der Waals surface area contributed by atoms with E-state index in [1.165, 1.54) is 0 Å². The van der Waals surface area contributed by atoms with Gasteiger partial charge in [0.1, 0.15) is 12.4 Å². The van der Waals surface area contributed by atoms with E-state index >= 15 is 0 Å². The fraction of sp³-hybridized carbons (Fsp3) is 0.429. The third-order valence-corrected chi connectivity index (χ3v) is 4.71. The van der Waals surface area contributed by atoms with E-state index in [9.17, 15) is 8.42 Å². The van der Waals surface area contributed by atoms with Gasteiger partial charge in [-0.05, 0) is 28.2 Å². The summed E-state index contributed by atoms with van der Waals surface area (Å²) in [5, 5.41) is 0. The predicted octanol–water partition coefficient (Wildman–Crippen LogP) is 4.64. The molecule has 142 valence electrons. The van der Waals surface area contributed by atoms with Crippen LogP contribution in [-0.2, 0) is 26.3 Å². The summed E-state index contributed by atoms with van der Waals surface area (Å²) in [6.07, 6.45) is 1.07. The molecule has 0 saturated heterocycles. The lowest BCUT2D eigenvalue weighted by atomic mass is 9.84. The molecule has 0 aromatic heterocycles. The second-order valence-electron chi connectivity index (χ2n) is 7.67. The fourth-order valence-corrected chi connectivity index (χ4v) is 3.07. The quantitative estimate of drug-likeness (QED) is 0.661. The summed E-state index contributed by atoms with van der Waals surface area (Å²) in [5.74, 6) is 0.815. The van der Waals surface area contributed by atoms with Crippen LogP contribution in [-0.4, -0.2) is 21.3 Å². The molecular formula is C21H28O4S. The first-order valence-electron chi connectivity index (χ1n) is 8.72. The zero-order valence-electron chi connectivity index (χ0n) is 16.2. The summed E-state index contributed by atoms with van der Waals surface area (Å²) >= 11 is 0. The van der Waals surface area contributed by atoms with Crippen molar-refractivity contribution in [2.45, 2.75) is 45.6 Å². The SMILES string of the molecule is CC(COS(C)(=O)=O)c1ccc(OCc2ccccc2)c(C(C)(C)C)c1. The van der Waals surface area contributed by atoms with E-state index in [1.807, 2.05) is 49.4 Å². The number of ether oxygens (including phenoxy) is 1. The molecule has 4 nitrogen and oxygen atoms in total. The molecule has 1 atom stereocenters. The number of rotatable bonds is 7. The van der Waals surface area contributed by atoms with Gasteiger partial charge in [-0.15, -0.1) is 0 Å². The van der Waals surface area contributed by atoms with Gasteiger partial charge in [-0.1, -0.05) is 70.2 Å². The van der Waals surface area contributed by atoms with Crippen molar-refractivity contribution in [3.8, 4) is 5.75 Å². The lowest BCUT2D eigenvalue weighted by molar-refractivity contribution is 0.294. The zero-order valence-corrected chi connectivity index (χ0v) is 17.0. The van der Waals surface area contributed by atoms with E-state index < -0.39 is 10.1 Å². The molecule has 0 fully saturated rings. The van der Waals surface area contributed by atoms with E-state index in [0.29, 0.717) is 6.61 Å². The van der Waals surface area contributed by atoms with Crippen LogP contribution < -0.4 is 4.74 Å². The van der Waals surface area contributed by atoms with E-state index in [4.69, 9.17) is 8.92 Å². The van der Waals surface area contributed by atoms with Gasteiger partial charge in [0.2, 0.25) is 0 Å². The van der Waals surface area contributed by atoms with Crippen molar-refractivity contribution in [1.29, 1.82) is 0 Å². The first-order valence-corrected chi connectivity index (χ1v) is 10.5. The Hall–Kier alpha value is -1.85. The third-order valence-electron chi connectivity index (χ3n) is 4.15. The molecule has 0 aliphatic heterocycles. The molecule has 0 radical (unpaired) electrons. The Labute approximate surface area is 157 Å². The minimum atomic E-state index is -3.44. The Bertz CT molecular complexity index is 821. The van der Waals surface area contributed by atoms with Crippen molar-refractivity contribution in [3.05, 3.63) is 65.2 Å². The molecular weight excluding hydrogens is 348 g/mol. The normalized spacial score (nSPS) is 13.4. The average Bonchev–Trinajstić information content (AvgIpc) is 2.57. The molecule has 0 amide bonds. The zero-order chi connectivity index (χ0) is 19.4. The van der Waals surface area contributed by atoms with Crippen LogP contribution in [0.2, 0.25) is 0 Å². The van der Waals surface area contributed by atoms with Gasteiger partial charge in [-0.2, -0.15) is 8.42 Å². The molecule has 0 heterocycles. The van der Waals surface area contributed by atoms with Crippen molar-refractivity contribution < 1.29 is 17.3 Å². The summed E-state index contributed by atoms with van der Waals surface area (Å²) in [6.45, 7) is 9.01. The van der Waals surface area contributed by atoms with E-state index in [-0.39, 0.29) is 17.9 Å². The molecule has 5 heteroatoms. The molecule has 0 saturated carbocycles. The van der Waals surface area contributed by atoms with Crippen molar-refractivity contribution in [2.24, 2.45) is 0 Å². The van der Waals surface area contributed by atoms with Crippen molar-refractivity contribution in [3.63, 3.8) is 0 Å². The minimum absolute atomic E-state index is 0.0333. The molecule has 0 spiro atoms. The average molecular weight is 377 g/mol. The van der Waals surface area contributed by atoms with Gasteiger partial charge < -0.3 is 4.74 Å². The summed E-state index contributed by atoms with van der Waals surface area (Å²) < 4.78 is 33.5. The molecule has 1 unspecified atom stereocenters. The van der Waals surface area contributed by atoms with Crippen LogP contribution in [0.3, 0.4) is 0 Å². The van der Waals surface area contributed by atoms with Crippen molar-refractivity contribution >= 4 is 10.1 Å². The lowest BCUT2D eigenvalue weighted by Gasteiger charge is -2.25. The van der Waals surface area contributed by atoms with Crippen LogP contribution in [0.15, 0.2) is 48.5 Å². The number of benzene rings is 2. The summed E-state index contributed by atoms with van der Waals surface area (Å²) in [6, 6.07) is 16.1. The van der Waals surface area contributed by atoms with E-state index in [1.54, 1.807) is 0 Å². The first kappa shape index (κ1) is 20.5. The highest BCUT2D eigenvalue weighted by atomic mass is 32.2. The standard InChI is InChI=1S/C21H28O4S/c1-16(14-25-26(5,22)23)18-11-12-20(19(13-18)21(2,3)4)24-15-17-9-7-6-8-10-17/h6-13,16H,14-15H2,1-5H3. The van der Waals surface area contributed by atoms with Crippen molar-refractivity contribution in [1.82, 2.24) is 0 Å². The monoisotopic (exact) mass is 376 g/mol. The lowest BCUT2D eigenvalue weighted by Crippen LogP contribution is -2.15. The number of hydrogen-bond acceptors (Lipinski definition) is 4. The van der Waals surface area contributed by atoms with Gasteiger partial charge >= 0.3 is 0 Å². The largest absolute Gasteiger partial charge is 0.489 e. The summed E-state index contributed by atoms with van der Waals surface area (Å²) in [5.41, 5.74) is 3.15. The Morgan fingerprint density at radius 1 is 1.04 bits per heavy atom. The Kier molecular flexibility index (Phi) is 6.48. The van der Waals surface area contributed by atoms with Gasteiger partial charge in [0.15, 0.2) is 0 Å². The second kappa shape index (κ2) is 8.23. The molecule has 0 N–H and O–H groups in total. The van der Waals surface area contributed by atoms with Gasteiger partial charge in [0, 0.05) is 5.92 Å². The molecule has 0 aliphatic carbocycles. The summed E-state index contributed by atoms with van der Waals surface area (Å²) in [4.78, 5) is 0. The third kappa shape index (κ3) is 6.15. The predicted molar refractivity (Wildman–Crippen MR) is 105 cm³/mol. The Morgan fingerprint density at radius 3 is 2.27 bits per heavy atom. The maximum atomic E-state index is 11.2. The minimum Gasteiger partial charge on any atom is -0.489 e. The van der Waals surface area contributed by atoms with Crippen LogP contribution in [0.1, 0.15) is 50.3 Å². The highest BCUT2D eigenvalue weighted by Gasteiger charge is 2.21. The van der Waals surface area contributed by atoms with E-state index in [0.717, 1.165) is 28.7 Å². The van der Waals surface area contributed by atoms with E-state index in [2.05, 4.69) is 26.8 Å². The molecule has 2 aromatic rings. The Balaban J connectivity index is 2.21. The molecule has 26 heavy (non-hydrogen) atoms. The topological polar surface area (TPSA) is 52.6 Å². The van der Waals surface area contributed by atoms with Crippen LogP contribution in [0.5, 0.6) is 5.75 Å². The summed E-state index contributed by atoms with van der Waals surface area (Å²) in [7, 11) is -3.44. The van der Waals surface area contributed by atoms with Crippen LogP contribution in [0, 0.1) is 0 Å². The molecule has 2 rings (SSSR count).